The van der Waals surface area contributed by atoms with E-state index in [0.717, 1.165) is 9.87 Å². The Bertz CT molecular complexity index is 1570. The van der Waals surface area contributed by atoms with Gasteiger partial charge in [0, 0.05) is 22.1 Å². The maximum atomic E-state index is 14.2. The first-order valence-electron chi connectivity index (χ1n) is 13.6. The summed E-state index contributed by atoms with van der Waals surface area (Å²) in [5.74, 6) is -0.660. The summed E-state index contributed by atoms with van der Waals surface area (Å²) in [7, 11) is -2.82. The van der Waals surface area contributed by atoms with Gasteiger partial charge in [0.2, 0.25) is 11.8 Å². The van der Waals surface area contributed by atoms with E-state index in [9.17, 15) is 18.0 Å². The molecule has 3 rings (SSSR count). The smallest absolute Gasteiger partial charge is 0.264 e. The number of halogens is 3. The normalized spacial score (nSPS) is 12.4. The minimum absolute atomic E-state index is 0.0114. The van der Waals surface area contributed by atoms with E-state index in [2.05, 4.69) is 5.32 Å². The van der Waals surface area contributed by atoms with Crippen LogP contribution >= 0.6 is 34.8 Å². The molecule has 0 bridgehead atoms. The molecule has 43 heavy (non-hydrogen) atoms. The molecule has 0 aliphatic rings. The van der Waals surface area contributed by atoms with E-state index in [1.807, 2.05) is 27.7 Å². The van der Waals surface area contributed by atoms with Gasteiger partial charge in [0.15, 0.2) is 0 Å². The van der Waals surface area contributed by atoms with Crippen LogP contribution in [0.3, 0.4) is 0 Å². The number of carbonyl (C=O) groups is 2. The molecule has 0 saturated heterocycles. The Morgan fingerprint density at radius 3 is 2.14 bits per heavy atom. The fourth-order valence-corrected chi connectivity index (χ4v) is 6.51. The van der Waals surface area contributed by atoms with E-state index in [4.69, 9.17) is 39.5 Å². The van der Waals surface area contributed by atoms with Gasteiger partial charge in [0.05, 0.1) is 22.7 Å². The lowest BCUT2D eigenvalue weighted by Crippen LogP contribution is -2.55. The Hall–Kier alpha value is -2.98. The molecule has 0 spiro atoms. The van der Waals surface area contributed by atoms with Gasteiger partial charge in [0.1, 0.15) is 18.3 Å². The molecule has 1 atom stereocenters. The van der Waals surface area contributed by atoms with Crippen molar-refractivity contribution in [1.29, 1.82) is 0 Å². The van der Waals surface area contributed by atoms with Gasteiger partial charge < -0.3 is 15.0 Å². The van der Waals surface area contributed by atoms with Gasteiger partial charge >= 0.3 is 0 Å². The van der Waals surface area contributed by atoms with Gasteiger partial charge in [-0.1, -0.05) is 65.5 Å². The number of rotatable bonds is 11. The van der Waals surface area contributed by atoms with Gasteiger partial charge in [-0.15, -0.1) is 0 Å². The highest BCUT2D eigenvalue weighted by Crippen LogP contribution is 2.32. The maximum absolute atomic E-state index is 14.2. The minimum atomic E-state index is -4.26. The van der Waals surface area contributed by atoms with Gasteiger partial charge in [-0.3, -0.25) is 13.9 Å². The monoisotopic (exact) mass is 667 g/mol. The fourth-order valence-electron chi connectivity index (χ4n) is 4.38. The minimum Gasteiger partial charge on any atom is -0.495 e. The molecule has 0 saturated carbocycles. The lowest BCUT2D eigenvalue weighted by molar-refractivity contribution is -0.141. The number of benzene rings is 3. The molecule has 0 aliphatic carbocycles. The van der Waals surface area contributed by atoms with Gasteiger partial charge in [-0.25, -0.2) is 8.42 Å². The van der Waals surface area contributed by atoms with Crippen LogP contribution in [0.4, 0.5) is 5.69 Å². The van der Waals surface area contributed by atoms with Crippen LogP contribution in [0.25, 0.3) is 0 Å². The van der Waals surface area contributed by atoms with Crippen molar-refractivity contribution < 1.29 is 22.7 Å². The zero-order chi connectivity index (χ0) is 32.1. The standard InChI is InChI=1S/C31H36Cl3N3O5S/c1-7-27(30(39)35-31(3,4)5)36(18-21-10-11-22(32)16-25(21)33)29(38)19-37(23-12-15-28(42-6)26(34)17-23)43(40,41)24-13-8-20(2)9-14-24/h8-17,27H,7,18-19H2,1-6H3,(H,35,39). The number of hydrogen-bond acceptors (Lipinski definition) is 5. The highest BCUT2D eigenvalue weighted by molar-refractivity contribution is 7.92. The molecule has 1 unspecified atom stereocenters. The molecule has 0 aromatic heterocycles. The number of nitrogens with one attached hydrogen (secondary N) is 1. The maximum Gasteiger partial charge on any atom is 0.264 e. The van der Waals surface area contributed by atoms with Crippen molar-refractivity contribution in [1.82, 2.24) is 10.2 Å². The summed E-state index contributed by atoms with van der Waals surface area (Å²) in [5, 5.41) is 3.82. The summed E-state index contributed by atoms with van der Waals surface area (Å²) in [4.78, 5) is 29.0. The second kappa shape index (κ2) is 14.2. The van der Waals surface area contributed by atoms with Crippen LogP contribution in [0.1, 0.15) is 45.2 Å². The first kappa shape index (κ1) is 34.5. The quantitative estimate of drug-likeness (QED) is 0.240. The third-order valence-electron chi connectivity index (χ3n) is 6.55. The van der Waals surface area contributed by atoms with Crippen molar-refractivity contribution >= 4 is 62.3 Å². The number of nitrogens with zero attached hydrogens (tertiary/aromatic N) is 2. The lowest BCUT2D eigenvalue weighted by atomic mass is 10.1. The van der Waals surface area contributed by atoms with E-state index in [1.54, 1.807) is 37.3 Å². The van der Waals surface area contributed by atoms with Crippen molar-refractivity contribution in [2.45, 2.75) is 64.1 Å². The second-order valence-corrected chi connectivity index (χ2v) is 14.2. The summed E-state index contributed by atoms with van der Waals surface area (Å²) in [5.41, 5.74) is 0.992. The summed E-state index contributed by atoms with van der Waals surface area (Å²) < 4.78 is 34.3. The van der Waals surface area contributed by atoms with E-state index in [1.165, 1.54) is 42.3 Å². The van der Waals surface area contributed by atoms with Gasteiger partial charge in [0.25, 0.3) is 10.0 Å². The molecule has 0 aliphatic heterocycles. The third kappa shape index (κ3) is 8.79. The molecule has 3 aromatic rings. The second-order valence-electron chi connectivity index (χ2n) is 11.1. The molecule has 1 N–H and O–H groups in total. The highest BCUT2D eigenvalue weighted by atomic mass is 35.5. The van der Waals surface area contributed by atoms with Crippen LogP contribution < -0.4 is 14.4 Å². The van der Waals surface area contributed by atoms with Crippen LogP contribution in [0.5, 0.6) is 5.75 Å². The van der Waals surface area contributed by atoms with Crippen molar-refractivity contribution in [2.24, 2.45) is 0 Å². The summed E-state index contributed by atoms with van der Waals surface area (Å²) in [6, 6.07) is 14.7. The number of sulfonamides is 1. The van der Waals surface area contributed by atoms with Gasteiger partial charge in [-0.05, 0) is 82.1 Å². The Morgan fingerprint density at radius 1 is 0.953 bits per heavy atom. The molecule has 0 heterocycles. The van der Waals surface area contributed by atoms with Gasteiger partial charge in [-0.2, -0.15) is 0 Å². The SMILES string of the molecule is CCC(C(=O)NC(C)(C)C)N(Cc1ccc(Cl)cc1Cl)C(=O)CN(c1ccc(OC)c(Cl)c1)S(=O)(=O)c1ccc(C)cc1. The summed E-state index contributed by atoms with van der Waals surface area (Å²) in [6.45, 7) is 8.44. The molecule has 3 aromatic carbocycles. The first-order valence-corrected chi connectivity index (χ1v) is 16.1. The van der Waals surface area contributed by atoms with Crippen LogP contribution in [-0.4, -0.2) is 50.4 Å². The number of ether oxygens (including phenoxy) is 1. The van der Waals surface area contributed by atoms with Crippen LogP contribution in [-0.2, 0) is 26.2 Å². The number of carbonyl (C=O) groups excluding carboxylic acids is 2. The van der Waals surface area contributed by atoms with Crippen LogP contribution in [0.15, 0.2) is 65.6 Å². The molecule has 232 valence electrons. The van der Waals surface area contributed by atoms with E-state index in [-0.39, 0.29) is 34.5 Å². The van der Waals surface area contributed by atoms with Crippen molar-refractivity contribution in [3.05, 3.63) is 86.9 Å². The molecule has 0 fully saturated rings. The zero-order valence-electron chi connectivity index (χ0n) is 24.9. The fraction of sp³-hybridized carbons (Fsp3) is 0.355. The largest absolute Gasteiger partial charge is 0.495 e. The van der Waals surface area contributed by atoms with E-state index in [0.29, 0.717) is 21.4 Å². The molecule has 0 radical (unpaired) electrons. The predicted octanol–water partition coefficient (Wildman–Crippen LogP) is 6.88. The third-order valence-corrected chi connectivity index (χ3v) is 9.22. The Kier molecular flexibility index (Phi) is 11.4. The van der Waals surface area contributed by atoms with Crippen molar-refractivity contribution in [3.8, 4) is 5.75 Å². The number of aryl methyl sites for hydroxylation is 1. The summed E-state index contributed by atoms with van der Waals surface area (Å²) >= 11 is 18.9. The zero-order valence-corrected chi connectivity index (χ0v) is 28.0. The molecule has 8 nitrogen and oxygen atoms in total. The molecular formula is C31H36Cl3N3O5S. The number of hydrogen-bond donors (Lipinski definition) is 1. The average Bonchev–Trinajstić information content (AvgIpc) is 2.91. The topological polar surface area (TPSA) is 96.0 Å². The number of amides is 2. The van der Waals surface area contributed by atoms with Crippen LogP contribution in [0, 0.1) is 6.92 Å². The average molecular weight is 669 g/mol. The molecule has 2 amide bonds. The number of methoxy groups -OCH3 is 1. The van der Waals surface area contributed by atoms with E-state index >= 15 is 0 Å². The number of anilines is 1. The highest BCUT2D eigenvalue weighted by Gasteiger charge is 2.35. The molecule has 12 heteroatoms. The van der Waals surface area contributed by atoms with Crippen molar-refractivity contribution in [3.63, 3.8) is 0 Å². The first-order chi connectivity index (χ1) is 20.1. The predicted molar refractivity (Wildman–Crippen MR) is 173 cm³/mol. The van der Waals surface area contributed by atoms with E-state index < -0.39 is 34.1 Å². The van der Waals surface area contributed by atoms with Crippen LogP contribution in [0.2, 0.25) is 15.1 Å². The summed E-state index contributed by atoms with van der Waals surface area (Å²) in [6.07, 6.45) is 0.262. The van der Waals surface area contributed by atoms with Crippen molar-refractivity contribution in [2.75, 3.05) is 18.0 Å². The Balaban J connectivity index is 2.13. The molecular weight excluding hydrogens is 633 g/mol. The Labute approximate surface area is 268 Å². The lowest BCUT2D eigenvalue weighted by Gasteiger charge is -2.35. The Morgan fingerprint density at radius 2 is 1.60 bits per heavy atom.